The van der Waals surface area contributed by atoms with E-state index in [0.29, 0.717) is 46.7 Å². The number of likely N-dealkylation sites (tertiary alicyclic amines) is 1. The molecule has 0 bridgehead atoms. The third-order valence-electron chi connectivity index (χ3n) is 10.7. The molecule has 12 nitrogen and oxygen atoms in total. The summed E-state index contributed by atoms with van der Waals surface area (Å²) in [6.07, 6.45) is 2.70. The lowest BCUT2D eigenvalue weighted by atomic mass is 9.68. The number of pyridine rings is 2. The zero-order valence-corrected chi connectivity index (χ0v) is 31.7. The van der Waals surface area contributed by atoms with E-state index in [9.17, 15) is 28.0 Å². The van der Waals surface area contributed by atoms with Gasteiger partial charge in [0.15, 0.2) is 5.82 Å². The molecule has 5 heterocycles. The predicted octanol–water partition coefficient (Wildman–Crippen LogP) is 7.85. The molecule has 1 saturated heterocycles. The van der Waals surface area contributed by atoms with Gasteiger partial charge in [-0.3, -0.25) is 24.5 Å². The summed E-state index contributed by atoms with van der Waals surface area (Å²) in [5.41, 5.74) is 1.21. The predicted molar refractivity (Wildman–Crippen MR) is 199 cm³/mol. The summed E-state index contributed by atoms with van der Waals surface area (Å²) in [6, 6.07) is 9.97. The second kappa shape index (κ2) is 14.4. The highest BCUT2D eigenvalue weighted by Gasteiger charge is 2.44. The SMILES string of the molecule is Cc1cc(-c2cc(N(CCCC#N)C(=O)OC(C)(C)C)nc(N3Cc4c(cc(CN5CCC6(CCC6)C5)cc4C(F)(F)F)C3=O)c2)c(-c2nncn2C)cn1. The zero-order chi connectivity index (χ0) is 39.3. The van der Waals surface area contributed by atoms with E-state index in [2.05, 4.69) is 26.2 Å². The molecule has 7 rings (SSSR count). The first-order chi connectivity index (χ1) is 26.0. The number of alkyl halides is 3. The van der Waals surface area contributed by atoms with Gasteiger partial charge in [-0.2, -0.15) is 18.4 Å². The lowest BCUT2D eigenvalue weighted by Crippen LogP contribution is -2.38. The molecular weight excluding hydrogens is 711 g/mol. The van der Waals surface area contributed by atoms with Crippen molar-refractivity contribution < 1.29 is 27.5 Å². The second-order valence-corrected chi connectivity index (χ2v) is 16.0. The first-order valence-corrected chi connectivity index (χ1v) is 18.5. The average Bonchev–Trinajstić information content (AvgIpc) is 3.82. The van der Waals surface area contributed by atoms with E-state index >= 15 is 0 Å². The van der Waals surface area contributed by atoms with Gasteiger partial charge in [-0.15, -0.1) is 10.2 Å². The van der Waals surface area contributed by atoms with Crippen LogP contribution in [0.1, 0.15) is 92.0 Å². The number of halogens is 3. The number of amides is 2. The molecule has 0 N–H and O–H groups in total. The minimum absolute atomic E-state index is 0.0197. The molecule has 3 aromatic heterocycles. The van der Waals surface area contributed by atoms with E-state index in [1.165, 1.54) is 22.3 Å². The topological polar surface area (TPSA) is 133 Å². The number of carbonyl (C=O) groups excluding carboxylic acids is 2. The molecule has 3 aliphatic rings. The van der Waals surface area contributed by atoms with Gasteiger partial charge in [-0.25, -0.2) is 9.78 Å². The van der Waals surface area contributed by atoms with Gasteiger partial charge in [0.2, 0.25) is 0 Å². The minimum Gasteiger partial charge on any atom is -0.443 e. The molecule has 15 heteroatoms. The van der Waals surface area contributed by atoms with E-state index in [4.69, 9.17) is 9.72 Å². The molecule has 2 aliphatic heterocycles. The number of aryl methyl sites for hydroxylation is 2. The Bertz CT molecular complexity index is 2180. The van der Waals surface area contributed by atoms with Gasteiger partial charge in [0.25, 0.3) is 5.91 Å². The number of carbonyl (C=O) groups is 2. The number of anilines is 2. The number of hydrogen-bond acceptors (Lipinski definition) is 9. The van der Waals surface area contributed by atoms with Crippen LogP contribution >= 0.6 is 0 Å². The Kier molecular flexibility index (Phi) is 9.91. The fourth-order valence-electron chi connectivity index (χ4n) is 7.87. The summed E-state index contributed by atoms with van der Waals surface area (Å²) in [5, 5.41) is 17.6. The number of nitriles is 1. The Morgan fingerprint density at radius 3 is 2.49 bits per heavy atom. The molecule has 1 saturated carbocycles. The van der Waals surface area contributed by atoms with Crippen LogP contribution in [-0.2, 0) is 31.1 Å². The lowest BCUT2D eigenvalue weighted by molar-refractivity contribution is -0.138. The number of fused-ring (bicyclic) bond motifs is 1. The molecule has 1 aromatic carbocycles. The third kappa shape index (κ3) is 7.78. The van der Waals surface area contributed by atoms with Crippen LogP contribution in [0.25, 0.3) is 22.5 Å². The molecule has 4 aromatic rings. The monoisotopic (exact) mass is 755 g/mol. The van der Waals surface area contributed by atoms with Crippen molar-refractivity contribution in [2.75, 3.05) is 29.4 Å². The number of ether oxygens (including phenoxy) is 1. The standard InChI is InChI=1S/C40H44F3N9O3/c1-25-15-28(30(20-45-25)35-48-46-24-49(35)5)27-18-33(51(13-7-6-12-44)37(54)55-38(2,3)4)47-34(19-27)52-22-31-29(36(52)53)16-26(17-32(31)40(41,42)43)21-50-14-11-39(23-50)9-8-10-39/h15-20,24H,6-11,13-14,21-23H2,1-5H3. The van der Waals surface area contributed by atoms with Crippen LogP contribution in [0.3, 0.4) is 0 Å². The number of hydrogen-bond donors (Lipinski definition) is 0. The molecule has 0 radical (unpaired) electrons. The molecule has 288 valence electrons. The Labute approximate surface area is 317 Å². The van der Waals surface area contributed by atoms with Crippen LogP contribution in [0.2, 0.25) is 0 Å². The highest BCUT2D eigenvalue weighted by atomic mass is 19.4. The van der Waals surface area contributed by atoms with Gasteiger partial charge in [0, 0.05) is 56.1 Å². The highest BCUT2D eigenvalue weighted by molar-refractivity contribution is 6.10. The molecular formula is C40H44F3N9O3. The Hall–Kier alpha value is -5.36. The van der Waals surface area contributed by atoms with Crippen LogP contribution < -0.4 is 9.80 Å². The van der Waals surface area contributed by atoms with Crippen molar-refractivity contribution in [2.45, 2.75) is 91.1 Å². The fourth-order valence-corrected chi connectivity index (χ4v) is 7.87. The van der Waals surface area contributed by atoms with Crippen molar-refractivity contribution in [3.63, 3.8) is 0 Å². The summed E-state index contributed by atoms with van der Waals surface area (Å²) in [4.78, 5) is 42.1. The molecule has 2 amide bonds. The molecule has 55 heavy (non-hydrogen) atoms. The lowest BCUT2D eigenvalue weighted by Gasteiger charge is -2.38. The fraction of sp³-hybridized carbons (Fsp3) is 0.475. The first-order valence-electron chi connectivity index (χ1n) is 18.5. The van der Waals surface area contributed by atoms with Gasteiger partial charge < -0.3 is 9.30 Å². The summed E-state index contributed by atoms with van der Waals surface area (Å²) in [6.45, 7) is 8.64. The largest absolute Gasteiger partial charge is 0.443 e. The summed E-state index contributed by atoms with van der Waals surface area (Å²) in [7, 11) is 1.78. The molecule has 1 spiro atoms. The van der Waals surface area contributed by atoms with E-state index in [0.717, 1.165) is 32.4 Å². The quantitative estimate of drug-likeness (QED) is 0.157. The van der Waals surface area contributed by atoms with Gasteiger partial charge in [-0.1, -0.05) is 6.42 Å². The van der Waals surface area contributed by atoms with Crippen molar-refractivity contribution in [1.29, 1.82) is 5.26 Å². The van der Waals surface area contributed by atoms with Crippen molar-refractivity contribution in [3.05, 3.63) is 70.8 Å². The van der Waals surface area contributed by atoms with Crippen molar-refractivity contribution in [2.24, 2.45) is 12.5 Å². The van der Waals surface area contributed by atoms with Crippen LogP contribution in [0.5, 0.6) is 0 Å². The Morgan fingerprint density at radius 2 is 1.85 bits per heavy atom. The maximum absolute atomic E-state index is 14.8. The van der Waals surface area contributed by atoms with Crippen molar-refractivity contribution in [3.8, 4) is 28.6 Å². The second-order valence-electron chi connectivity index (χ2n) is 16.0. The van der Waals surface area contributed by atoms with Crippen LogP contribution in [-0.4, -0.2) is 66.9 Å². The normalized spacial score (nSPS) is 16.6. The van der Waals surface area contributed by atoms with E-state index in [1.54, 1.807) is 63.1 Å². The number of benzene rings is 1. The first kappa shape index (κ1) is 37.9. The van der Waals surface area contributed by atoms with Crippen LogP contribution in [0, 0.1) is 23.7 Å². The molecule has 0 unspecified atom stereocenters. The Balaban J connectivity index is 1.34. The maximum atomic E-state index is 14.8. The van der Waals surface area contributed by atoms with Gasteiger partial charge in [0.1, 0.15) is 23.6 Å². The Morgan fingerprint density at radius 1 is 1.07 bits per heavy atom. The summed E-state index contributed by atoms with van der Waals surface area (Å²) in [5.74, 6) is 0.0100. The van der Waals surface area contributed by atoms with Crippen molar-refractivity contribution in [1.82, 2.24) is 29.6 Å². The van der Waals surface area contributed by atoms with E-state index in [1.807, 2.05) is 13.0 Å². The van der Waals surface area contributed by atoms with Gasteiger partial charge in [0.05, 0.1) is 18.2 Å². The van der Waals surface area contributed by atoms with Gasteiger partial charge >= 0.3 is 12.3 Å². The number of nitrogens with zero attached hydrogens (tertiary/aromatic N) is 9. The van der Waals surface area contributed by atoms with Gasteiger partial charge in [-0.05, 0) is 118 Å². The third-order valence-corrected chi connectivity index (χ3v) is 10.7. The minimum atomic E-state index is -4.70. The number of unbranched alkanes of at least 4 members (excludes halogenated alkanes) is 1. The number of aromatic nitrogens is 5. The molecule has 1 aliphatic carbocycles. The molecule has 0 atom stereocenters. The smallest absolute Gasteiger partial charge is 0.416 e. The highest BCUT2D eigenvalue weighted by Crippen LogP contribution is 2.48. The average molecular weight is 756 g/mol. The summed E-state index contributed by atoms with van der Waals surface area (Å²) >= 11 is 0. The van der Waals surface area contributed by atoms with Crippen LogP contribution in [0.15, 0.2) is 42.9 Å². The maximum Gasteiger partial charge on any atom is 0.416 e. The molecule has 2 fully saturated rings. The van der Waals surface area contributed by atoms with E-state index in [-0.39, 0.29) is 47.7 Å². The zero-order valence-electron chi connectivity index (χ0n) is 31.7. The van der Waals surface area contributed by atoms with E-state index < -0.39 is 29.3 Å². The van der Waals surface area contributed by atoms with Crippen molar-refractivity contribution >= 4 is 23.6 Å². The number of rotatable bonds is 9. The summed E-state index contributed by atoms with van der Waals surface area (Å²) < 4.78 is 51.9. The van der Waals surface area contributed by atoms with Crippen LogP contribution in [0.4, 0.5) is 29.6 Å².